The van der Waals surface area contributed by atoms with Crippen LogP contribution in [0, 0.1) is 6.92 Å². The molecular formula is C26H33ClN2O2S. The number of aryl methyl sites for hydroxylation is 1. The predicted octanol–water partition coefficient (Wildman–Crippen LogP) is 5.47. The maximum Gasteiger partial charge on any atom is 0.241 e. The van der Waals surface area contributed by atoms with Gasteiger partial charge in [-0.25, -0.2) is 13.1 Å². The number of nitrogens with zero attached hydrogens (tertiary/aromatic N) is 1. The third kappa shape index (κ3) is 5.90. The Morgan fingerprint density at radius 3 is 2.34 bits per heavy atom. The summed E-state index contributed by atoms with van der Waals surface area (Å²) in [5, 5.41) is 1.78. The van der Waals surface area contributed by atoms with Crippen molar-refractivity contribution >= 4 is 33.2 Å². The van der Waals surface area contributed by atoms with Crippen molar-refractivity contribution in [3.05, 3.63) is 77.4 Å². The Labute approximate surface area is 198 Å². The average Bonchev–Trinajstić information content (AvgIpc) is 2.78. The molecular weight excluding hydrogens is 440 g/mol. The molecule has 1 heterocycles. The molecule has 0 saturated heterocycles. The van der Waals surface area contributed by atoms with E-state index in [1.54, 1.807) is 6.07 Å². The highest BCUT2D eigenvalue weighted by molar-refractivity contribution is 7.89. The predicted molar refractivity (Wildman–Crippen MR) is 135 cm³/mol. The number of benzene rings is 3. The number of sulfonamides is 1. The van der Waals surface area contributed by atoms with Crippen molar-refractivity contribution < 1.29 is 8.42 Å². The second kappa shape index (κ2) is 11.3. The van der Waals surface area contributed by atoms with Gasteiger partial charge >= 0.3 is 0 Å². The van der Waals surface area contributed by atoms with Crippen molar-refractivity contribution in [2.24, 2.45) is 0 Å². The van der Waals surface area contributed by atoms with Crippen molar-refractivity contribution in [1.29, 1.82) is 0 Å². The van der Waals surface area contributed by atoms with Crippen LogP contribution in [0.25, 0.3) is 10.8 Å². The van der Waals surface area contributed by atoms with Gasteiger partial charge in [0.15, 0.2) is 0 Å². The average molecular weight is 473 g/mol. The second-order valence-electron chi connectivity index (χ2n) is 8.53. The summed E-state index contributed by atoms with van der Waals surface area (Å²) < 4.78 is 28.5. The van der Waals surface area contributed by atoms with Crippen molar-refractivity contribution in [1.82, 2.24) is 9.62 Å². The first-order chi connectivity index (χ1) is 15.0. The first-order valence-electron chi connectivity index (χ1n) is 11.3. The van der Waals surface area contributed by atoms with Crippen LogP contribution in [0.15, 0.2) is 65.6 Å². The molecule has 0 fully saturated rings. The zero-order valence-electron chi connectivity index (χ0n) is 18.7. The first kappa shape index (κ1) is 24.7. The summed E-state index contributed by atoms with van der Waals surface area (Å²) in [5.74, 6) is 0. The molecule has 172 valence electrons. The number of hydrogen-bond acceptors (Lipinski definition) is 3. The van der Waals surface area contributed by atoms with E-state index in [-0.39, 0.29) is 12.4 Å². The lowest BCUT2D eigenvalue weighted by Crippen LogP contribution is -2.31. The fraction of sp³-hybridized carbons (Fsp3) is 0.385. The van der Waals surface area contributed by atoms with Gasteiger partial charge in [0, 0.05) is 25.0 Å². The molecule has 1 N–H and O–H groups in total. The van der Waals surface area contributed by atoms with Crippen LogP contribution in [0.2, 0.25) is 0 Å². The van der Waals surface area contributed by atoms with Gasteiger partial charge in [-0.05, 0) is 60.9 Å². The van der Waals surface area contributed by atoms with Crippen molar-refractivity contribution in [3.8, 4) is 0 Å². The van der Waals surface area contributed by atoms with E-state index >= 15 is 0 Å². The highest BCUT2D eigenvalue weighted by Gasteiger charge is 2.17. The summed E-state index contributed by atoms with van der Waals surface area (Å²) in [4.78, 5) is 2.91. The Hall–Kier alpha value is -1.92. The second-order valence-corrected chi connectivity index (χ2v) is 10.3. The molecule has 0 atom stereocenters. The van der Waals surface area contributed by atoms with E-state index in [1.165, 1.54) is 11.1 Å². The van der Waals surface area contributed by atoms with E-state index in [4.69, 9.17) is 0 Å². The fourth-order valence-electron chi connectivity index (χ4n) is 4.50. The lowest BCUT2D eigenvalue weighted by atomic mass is 10.00. The largest absolute Gasteiger partial charge is 0.299 e. The van der Waals surface area contributed by atoms with E-state index in [0.29, 0.717) is 11.4 Å². The molecule has 1 aliphatic heterocycles. The molecule has 0 spiro atoms. The summed E-state index contributed by atoms with van der Waals surface area (Å²) in [6.07, 6.45) is 5.35. The topological polar surface area (TPSA) is 49.4 Å². The van der Waals surface area contributed by atoms with Gasteiger partial charge in [-0.3, -0.25) is 4.90 Å². The van der Waals surface area contributed by atoms with Gasteiger partial charge in [0.1, 0.15) is 0 Å². The van der Waals surface area contributed by atoms with Crippen molar-refractivity contribution in [3.63, 3.8) is 0 Å². The lowest BCUT2D eigenvalue weighted by Gasteiger charge is -2.28. The molecule has 6 heteroatoms. The molecule has 32 heavy (non-hydrogen) atoms. The van der Waals surface area contributed by atoms with Gasteiger partial charge in [0.2, 0.25) is 10.0 Å². The van der Waals surface area contributed by atoms with Crippen LogP contribution in [0.1, 0.15) is 42.4 Å². The standard InChI is InChI=1S/C26H32N2O2S.ClH/c1-21-14-15-26(25-13-7-6-12-24(21)25)31(29,30)27-17-8-2-3-9-18-28-19-16-22-10-4-5-11-23(22)20-28;/h4-7,10-15,27H,2-3,8-9,16-20H2,1H3;1H. The third-order valence-corrected chi connectivity index (χ3v) is 7.81. The highest BCUT2D eigenvalue weighted by Crippen LogP contribution is 2.25. The normalized spacial score (nSPS) is 14.2. The lowest BCUT2D eigenvalue weighted by molar-refractivity contribution is 0.248. The van der Waals surface area contributed by atoms with Gasteiger partial charge in [-0.15, -0.1) is 12.4 Å². The summed E-state index contributed by atoms with van der Waals surface area (Å²) >= 11 is 0. The Morgan fingerprint density at radius 2 is 1.53 bits per heavy atom. The number of nitrogens with one attached hydrogen (secondary N) is 1. The quantitative estimate of drug-likeness (QED) is 0.420. The fourth-order valence-corrected chi connectivity index (χ4v) is 5.78. The number of halogens is 1. The van der Waals surface area contributed by atoms with Crippen LogP contribution in [0.3, 0.4) is 0 Å². The van der Waals surface area contributed by atoms with Gasteiger partial charge in [0.05, 0.1) is 4.90 Å². The van der Waals surface area contributed by atoms with Crippen LogP contribution in [0.5, 0.6) is 0 Å². The summed E-state index contributed by atoms with van der Waals surface area (Å²) in [6, 6.07) is 20.0. The molecule has 0 amide bonds. The first-order valence-corrected chi connectivity index (χ1v) is 12.8. The van der Waals surface area contributed by atoms with Gasteiger partial charge < -0.3 is 0 Å². The van der Waals surface area contributed by atoms with Crippen molar-refractivity contribution in [2.75, 3.05) is 19.6 Å². The number of hydrogen-bond donors (Lipinski definition) is 1. The highest BCUT2D eigenvalue weighted by atomic mass is 35.5. The SMILES string of the molecule is Cc1ccc(S(=O)(=O)NCCCCCCN2CCc3ccccc3C2)c2ccccc12.Cl. The zero-order valence-corrected chi connectivity index (χ0v) is 20.4. The van der Waals surface area contributed by atoms with E-state index in [0.717, 1.165) is 68.1 Å². The monoisotopic (exact) mass is 472 g/mol. The Morgan fingerprint density at radius 1 is 0.844 bits per heavy atom. The molecule has 0 aliphatic carbocycles. The molecule has 4 rings (SSSR count). The van der Waals surface area contributed by atoms with E-state index in [2.05, 4.69) is 33.9 Å². The van der Waals surface area contributed by atoms with E-state index in [9.17, 15) is 8.42 Å². The minimum Gasteiger partial charge on any atom is -0.299 e. The minimum absolute atomic E-state index is 0. The van der Waals surface area contributed by atoms with Crippen LogP contribution in [-0.2, 0) is 23.0 Å². The van der Waals surface area contributed by atoms with E-state index in [1.807, 2.05) is 37.3 Å². The van der Waals surface area contributed by atoms with Crippen LogP contribution in [0.4, 0.5) is 0 Å². The summed E-state index contributed by atoms with van der Waals surface area (Å²) in [5.41, 5.74) is 4.05. The summed E-state index contributed by atoms with van der Waals surface area (Å²) in [6.45, 7) is 5.81. The zero-order chi connectivity index (χ0) is 21.7. The van der Waals surface area contributed by atoms with Gasteiger partial charge in [-0.1, -0.05) is 67.4 Å². The minimum atomic E-state index is -3.50. The molecule has 0 bridgehead atoms. The van der Waals surface area contributed by atoms with Crippen molar-refractivity contribution in [2.45, 2.75) is 50.5 Å². The molecule has 3 aromatic rings. The Bertz CT molecular complexity index is 1150. The smallest absolute Gasteiger partial charge is 0.241 e. The van der Waals surface area contributed by atoms with Gasteiger partial charge in [-0.2, -0.15) is 0 Å². The summed E-state index contributed by atoms with van der Waals surface area (Å²) in [7, 11) is -3.50. The molecule has 0 saturated carbocycles. The van der Waals surface area contributed by atoms with Crippen LogP contribution in [-0.4, -0.2) is 33.0 Å². The Kier molecular flexibility index (Phi) is 8.72. The molecule has 0 radical (unpaired) electrons. The number of unbranched alkanes of at least 4 members (excludes halogenated alkanes) is 3. The van der Waals surface area contributed by atoms with E-state index < -0.39 is 10.0 Å². The number of rotatable bonds is 9. The molecule has 0 aromatic heterocycles. The maximum absolute atomic E-state index is 12.8. The van der Waals surface area contributed by atoms with Crippen LogP contribution < -0.4 is 4.72 Å². The third-order valence-electron chi connectivity index (χ3n) is 6.29. The molecule has 3 aromatic carbocycles. The van der Waals surface area contributed by atoms with Gasteiger partial charge in [0.25, 0.3) is 0 Å². The molecule has 1 aliphatic rings. The molecule has 0 unspecified atom stereocenters. The number of fused-ring (bicyclic) bond motifs is 2. The van der Waals surface area contributed by atoms with Crippen LogP contribution >= 0.6 is 12.4 Å². The molecule has 4 nitrogen and oxygen atoms in total. The Balaban J connectivity index is 0.00000289. The maximum atomic E-state index is 12.8.